The summed E-state index contributed by atoms with van der Waals surface area (Å²) in [5, 5.41) is 15.1. The molecule has 2 atom stereocenters. The molecular weight excluding hydrogens is 323 g/mol. The minimum Gasteiger partial charge on any atom is -0.387 e. The molecule has 0 fully saturated rings. The molecule has 2 aromatic rings. The summed E-state index contributed by atoms with van der Waals surface area (Å²) in [5.74, 6) is -1.24. The van der Waals surface area contributed by atoms with Gasteiger partial charge in [0.25, 0.3) is 5.91 Å². The molecule has 2 amide bonds. The second kappa shape index (κ2) is 8.39. The van der Waals surface area contributed by atoms with Gasteiger partial charge < -0.3 is 15.7 Å². The minimum absolute atomic E-state index is 0.0764. The molecule has 2 aromatic carbocycles. The molecule has 0 aliphatic heterocycles. The van der Waals surface area contributed by atoms with Crippen molar-refractivity contribution in [1.29, 1.82) is 0 Å². The van der Waals surface area contributed by atoms with Gasteiger partial charge in [0.05, 0.1) is 6.10 Å². The van der Waals surface area contributed by atoms with Crippen molar-refractivity contribution >= 4 is 11.8 Å². The molecule has 0 bridgehead atoms. The maximum Gasteiger partial charge on any atom is 0.251 e. The van der Waals surface area contributed by atoms with Gasteiger partial charge in [-0.05, 0) is 43.7 Å². The molecule has 3 N–H and O–H groups in total. The first-order valence-electron chi connectivity index (χ1n) is 7.95. The highest BCUT2D eigenvalue weighted by Gasteiger charge is 2.18. The predicted octanol–water partition coefficient (Wildman–Crippen LogP) is 2.10. The third-order valence-electron chi connectivity index (χ3n) is 3.72. The molecule has 0 aliphatic rings. The van der Waals surface area contributed by atoms with E-state index in [0.29, 0.717) is 11.1 Å². The van der Waals surface area contributed by atoms with E-state index in [-0.39, 0.29) is 12.5 Å². The van der Waals surface area contributed by atoms with Gasteiger partial charge in [0, 0.05) is 12.1 Å². The number of nitrogens with one attached hydrogen (secondary N) is 2. The Bertz CT molecular complexity index is 764. The van der Waals surface area contributed by atoms with Gasteiger partial charge in [0.1, 0.15) is 11.9 Å². The highest BCUT2D eigenvalue weighted by Crippen LogP contribution is 2.13. The second-order valence-corrected chi connectivity index (χ2v) is 5.88. The lowest BCUT2D eigenvalue weighted by atomic mass is 10.1. The van der Waals surface area contributed by atoms with E-state index in [1.54, 1.807) is 31.2 Å². The third-order valence-corrected chi connectivity index (χ3v) is 3.72. The van der Waals surface area contributed by atoms with Gasteiger partial charge in [-0.15, -0.1) is 0 Å². The van der Waals surface area contributed by atoms with Crippen LogP contribution in [0, 0.1) is 12.7 Å². The molecule has 0 saturated heterocycles. The minimum atomic E-state index is -1.03. The molecule has 25 heavy (non-hydrogen) atoms. The number of hydrogen-bond donors (Lipinski definition) is 3. The Morgan fingerprint density at radius 3 is 2.56 bits per heavy atom. The first kappa shape index (κ1) is 18.6. The number of carbonyl (C=O) groups is 2. The van der Waals surface area contributed by atoms with E-state index < -0.39 is 23.9 Å². The number of carbonyl (C=O) groups excluding carboxylic acids is 2. The monoisotopic (exact) mass is 344 g/mol. The van der Waals surface area contributed by atoms with Crippen LogP contribution in [0.2, 0.25) is 0 Å². The number of aliphatic hydroxyl groups excluding tert-OH is 1. The van der Waals surface area contributed by atoms with Crippen LogP contribution in [-0.2, 0) is 4.79 Å². The molecule has 0 aromatic heterocycles. The number of rotatable bonds is 6. The zero-order chi connectivity index (χ0) is 18.4. The summed E-state index contributed by atoms with van der Waals surface area (Å²) >= 11 is 0. The van der Waals surface area contributed by atoms with Crippen LogP contribution in [0.15, 0.2) is 48.5 Å². The fourth-order valence-electron chi connectivity index (χ4n) is 2.31. The molecule has 0 heterocycles. The summed E-state index contributed by atoms with van der Waals surface area (Å²) in [6.45, 7) is 3.35. The number of aliphatic hydroxyl groups is 1. The fourth-order valence-corrected chi connectivity index (χ4v) is 2.31. The normalized spacial score (nSPS) is 13.0. The highest BCUT2D eigenvalue weighted by atomic mass is 19.1. The quantitative estimate of drug-likeness (QED) is 0.751. The van der Waals surface area contributed by atoms with Crippen molar-refractivity contribution in [3.8, 4) is 0 Å². The summed E-state index contributed by atoms with van der Waals surface area (Å²) in [6.07, 6.45) is -1.03. The number of benzene rings is 2. The molecule has 0 aliphatic carbocycles. The van der Waals surface area contributed by atoms with Gasteiger partial charge in [-0.3, -0.25) is 9.59 Å². The summed E-state index contributed by atoms with van der Waals surface area (Å²) in [6, 6.07) is 11.8. The smallest absolute Gasteiger partial charge is 0.251 e. The standard InChI is InChI=1S/C19H21FN2O3/c1-12-5-3-7-15(9-12)19(25)22-13(2)18(24)21-11-17(23)14-6-4-8-16(20)10-14/h3-10,13,17,23H,11H2,1-2H3,(H,21,24)(H,22,25). The third kappa shape index (κ3) is 5.39. The SMILES string of the molecule is Cc1cccc(C(=O)NC(C)C(=O)NCC(O)c2cccc(F)c2)c1. The van der Waals surface area contributed by atoms with Crippen molar-refractivity contribution in [3.63, 3.8) is 0 Å². The lowest BCUT2D eigenvalue weighted by Crippen LogP contribution is -2.45. The van der Waals surface area contributed by atoms with Gasteiger partial charge in [-0.2, -0.15) is 0 Å². The Morgan fingerprint density at radius 2 is 1.88 bits per heavy atom. The van der Waals surface area contributed by atoms with E-state index in [1.165, 1.54) is 18.2 Å². The first-order valence-corrected chi connectivity index (χ1v) is 7.95. The predicted molar refractivity (Wildman–Crippen MR) is 92.5 cm³/mol. The molecule has 0 saturated carbocycles. The Kier molecular flexibility index (Phi) is 6.25. The topological polar surface area (TPSA) is 78.4 Å². The van der Waals surface area contributed by atoms with Crippen LogP contribution >= 0.6 is 0 Å². The Morgan fingerprint density at radius 1 is 1.16 bits per heavy atom. The van der Waals surface area contributed by atoms with E-state index in [2.05, 4.69) is 10.6 Å². The van der Waals surface area contributed by atoms with Crippen molar-refractivity contribution in [2.24, 2.45) is 0 Å². The van der Waals surface area contributed by atoms with Crippen LogP contribution in [-0.4, -0.2) is 29.5 Å². The number of hydrogen-bond acceptors (Lipinski definition) is 3. The van der Waals surface area contributed by atoms with Crippen molar-refractivity contribution < 1.29 is 19.1 Å². The van der Waals surface area contributed by atoms with Crippen molar-refractivity contribution in [1.82, 2.24) is 10.6 Å². The molecular formula is C19H21FN2O3. The van der Waals surface area contributed by atoms with Gasteiger partial charge in [0.2, 0.25) is 5.91 Å². The van der Waals surface area contributed by atoms with Crippen LogP contribution < -0.4 is 10.6 Å². The Balaban J connectivity index is 1.86. The summed E-state index contributed by atoms with van der Waals surface area (Å²) in [5.41, 5.74) is 1.79. The summed E-state index contributed by atoms with van der Waals surface area (Å²) in [7, 11) is 0. The zero-order valence-electron chi connectivity index (χ0n) is 14.1. The van der Waals surface area contributed by atoms with E-state index in [4.69, 9.17) is 0 Å². The first-order chi connectivity index (χ1) is 11.9. The van der Waals surface area contributed by atoms with E-state index in [1.807, 2.05) is 13.0 Å². The second-order valence-electron chi connectivity index (χ2n) is 5.88. The highest BCUT2D eigenvalue weighted by molar-refractivity contribution is 5.97. The number of amides is 2. The lowest BCUT2D eigenvalue weighted by molar-refractivity contribution is -0.123. The summed E-state index contributed by atoms with van der Waals surface area (Å²) in [4.78, 5) is 24.2. The van der Waals surface area contributed by atoms with E-state index in [0.717, 1.165) is 5.56 Å². The zero-order valence-corrected chi connectivity index (χ0v) is 14.1. The lowest BCUT2D eigenvalue weighted by Gasteiger charge is -2.17. The molecule has 6 heteroatoms. The van der Waals surface area contributed by atoms with Gasteiger partial charge in [-0.1, -0.05) is 29.8 Å². The van der Waals surface area contributed by atoms with Crippen LogP contribution in [0.4, 0.5) is 4.39 Å². The van der Waals surface area contributed by atoms with Crippen LogP contribution in [0.3, 0.4) is 0 Å². The average Bonchev–Trinajstić information content (AvgIpc) is 2.59. The van der Waals surface area contributed by atoms with E-state index in [9.17, 15) is 19.1 Å². The van der Waals surface area contributed by atoms with Crippen molar-refractivity contribution in [3.05, 3.63) is 71.0 Å². The van der Waals surface area contributed by atoms with Crippen molar-refractivity contribution in [2.45, 2.75) is 26.0 Å². The summed E-state index contributed by atoms with van der Waals surface area (Å²) < 4.78 is 13.1. The van der Waals surface area contributed by atoms with Gasteiger partial charge in [-0.25, -0.2) is 4.39 Å². The molecule has 5 nitrogen and oxygen atoms in total. The van der Waals surface area contributed by atoms with E-state index >= 15 is 0 Å². The maximum absolute atomic E-state index is 13.1. The molecule has 132 valence electrons. The number of aryl methyl sites for hydroxylation is 1. The van der Waals surface area contributed by atoms with Crippen LogP contribution in [0.5, 0.6) is 0 Å². The number of halogens is 1. The molecule has 0 spiro atoms. The maximum atomic E-state index is 13.1. The Labute approximate surface area is 145 Å². The van der Waals surface area contributed by atoms with Crippen molar-refractivity contribution in [2.75, 3.05) is 6.54 Å². The molecule has 2 rings (SSSR count). The molecule has 0 radical (unpaired) electrons. The Hall–Kier alpha value is -2.73. The van der Waals surface area contributed by atoms with Gasteiger partial charge >= 0.3 is 0 Å². The van der Waals surface area contributed by atoms with Crippen LogP contribution in [0.25, 0.3) is 0 Å². The average molecular weight is 344 g/mol. The largest absolute Gasteiger partial charge is 0.387 e. The fraction of sp³-hybridized carbons (Fsp3) is 0.263. The van der Waals surface area contributed by atoms with Gasteiger partial charge in [0.15, 0.2) is 0 Å². The molecule has 2 unspecified atom stereocenters. The van der Waals surface area contributed by atoms with Crippen LogP contribution in [0.1, 0.15) is 34.5 Å².